The molecule has 2 aliphatic rings. The third kappa shape index (κ3) is 3.07. The fourth-order valence-corrected chi connectivity index (χ4v) is 4.33. The van der Waals surface area contributed by atoms with Crippen LogP contribution in [0, 0.1) is 17.6 Å². The Morgan fingerprint density at radius 1 is 1.42 bits per heavy atom. The van der Waals surface area contributed by atoms with E-state index in [2.05, 4.69) is 4.99 Å². The highest BCUT2D eigenvalue weighted by atomic mass is 32.2. The summed E-state index contributed by atoms with van der Waals surface area (Å²) < 4.78 is 73.0. The van der Waals surface area contributed by atoms with Gasteiger partial charge in [-0.15, -0.1) is 0 Å². The van der Waals surface area contributed by atoms with Crippen LogP contribution in [0.4, 0.5) is 32.4 Å². The van der Waals surface area contributed by atoms with E-state index in [9.17, 15) is 26.7 Å². The number of carbonyl (C=O) groups is 1. The highest BCUT2D eigenvalue weighted by molar-refractivity contribution is 8.13. The average Bonchev–Trinajstić information content (AvgIpc) is 2.90. The van der Waals surface area contributed by atoms with Crippen molar-refractivity contribution in [1.29, 1.82) is 0 Å². The van der Waals surface area contributed by atoms with Gasteiger partial charge in [0.05, 0.1) is 6.61 Å². The maximum absolute atomic E-state index is 14.4. The Kier molecular flexibility index (Phi) is 4.51. The van der Waals surface area contributed by atoms with Crippen molar-refractivity contribution in [3.8, 4) is 0 Å². The summed E-state index contributed by atoms with van der Waals surface area (Å²) in [4.78, 5) is 14.8. The highest BCUT2D eigenvalue weighted by Gasteiger charge is 2.62. The number of thioether (sulfide) groups is 1. The summed E-state index contributed by atoms with van der Waals surface area (Å²) in [6.07, 6.45) is -8.50. The number of amides is 1. The number of benzene rings is 1. The summed E-state index contributed by atoms with van der Waals surface area (Å²) in [5, 5.41) is 10.5. The smallest absolute Gasteiger partial charge is 0.415 e. The second-order valence-corrected chi connectivity index (χ2v) is 6.84. The number of carboxylic acid groups (broad SMARTS) is 1. The Morgan fingerprint density at radius 2 is 2.12 bits per heavy atom. The van der Waals surface area contributed by atoms with Crippen molar-refractivity contribution in [2.24, 2.45) is 10.9 Å². The summed E-state index contributed by atoms with van der Waals surface area (Å²) in [7, 11) is 0. The minimum atomic E-state index is -4.75. The molecule has 1 aromatic carbocycles. The largest absolute Gasteiger partial charge is 0.465 e. The van der Waals surface area contributed by atoms with Gasteiger partial charge in [-0.2, -0.15) is 13.2 Å². The van der Waals surface area contributed by atoms with Gasteiger partial charge >= 0.3 is 12.3 Å². The summed E-state index contributed by atoms with van der Waals surface area (Å²) in [5.74, 6) is -4.40. The molecule has 3 atom stereocenters. The lowest BCUT2D eigenvalue weighted by Crippen LogP contribution is -2.47. The molecule has 0 aromatic heterocycles. The van der Waals surface area contributed by atoms with E-state index in [-0.39, 0.29) is 16.6 Å². The topological polar surface area (TPSA) is 96.9 Å². The Bertz CT molecular complexity index is 788. The molecule has 6 nitrogen and oxygen atoms in total. The van der Waals surface area contributed by atoms with Crippen LogP contribution >= 0.6 is 11.8 Å². The number of halogens is 5. The molecule has 0 spiro atoms. The third-order valence-corrected chi connectivity index (χ3v) is 5.21. The van der Waals surface area contributed by atoms with E-state index in [0.717, 1.165) is 17.8 Å². The number of alkyl halides is 3. The van der Waals surface area contributed by atoms with Crippen molar-refractivity contribution >= 4 is 28.7 Å². The third-order valence-electron chi connectivity index (χ3n) is 4.22. The van der Waals surface area contributed by atoms with Gasteiger partial charge in [0.2, 0.25) is 0 Å². The number of nitrogens with zero attached hydrogens (tertiary/aromatic N) is 1. The number of nitrogens with two attached hydrogens (primary N) is 1. The number of rotatable bonds is 1. The van der Waals surface area contributed by atoms with Gasteiger partial charge in [0, 0.05) is 22.9 Å². The Balaban J connectivity index is 2.18. The molecular formula is C14H12F5N3O3S. The number of ether oxygens (including phenoxy) is 1. The van der Waals surface area contributed by atoms with E-state index in [1.807, 2.05) is 5.32 Å². The molecule has 2 aliphatic heterocycles. The predicted octanol–water partition coefficient (Wildman–Crippen LogP) is 2.69. The van der Waals surface area contributed by atoms with Crippen LogP contribution in [0.25, 0.3) is 0 Å². The molecule has 142 valence electrons. The fraction of sp³-hybridized carbons (Fsp3) is 0.429. The summed E-state index contributed by atoms with van der Waals surface area (Å²) in [6, 6.07) is 1.69. The predicted molar refractivity (Wildman–Crippen MR) is 82.8 cm³/mol. The maximum atomic E-state index is 14.4. The molecule has 2 heterocycles. The first-order valence-corrected chi connectivity index (χ1v) is 8.19. The number of fused-ring (bicyclic) bond motifs is 1. The van der Waals surface area contributed by atoms with Crippen molar-refractivity contribution in [1.82, 2.24) is 5.32 Å². The van der Waals surface area contributed by atoms with Crippen LogP contribution < -0.4 is 11.1 Å². The van der Waals surface area contributed by atoms with Crippen LogP contribution in [0.1, 0.15) is 5.56 Å². The van der Waals surface area contributed by atoms with Crippen LogP contribution in [0.15, 0.2) is 17.1 Å². The van der Waals surface area contributed by atoms with Gasteiger partial charge in [-0.3, -0.25) is 5.32 Å². The molecule has 1 saturated heterocycles. The summed E-state index contributed by atoms with van der Waals surface area (Å²) in [5.41, 5.74) is 2.85. The quantitative estimate of drug-likeness (QED) is 0.500. The van der Waals surface area contributed by atoms with Crippen LogP contribution in [0.3, 0.4) is 0 Å². The van der Waals surface area contributed by atoms with Crippen LogP contribution in [-0.4, -0.2) is 41.0 Å². The van der Waals surface area contributed by atoms with Gasteiger partial charge in [0.15, 0.2) is 22.9 Å². The minimum absolute atomic E-state index is 0.205. The van der Waals surface area contributed by atoms with Crippen LogP contribution in [0.2, 0.25) is 0 Å². The molecule has 1 amide bonds. The lowest BCUT2D eigenvalue weighted by Gasteiger charge is -2.36. The van der Waals surface area contributed by atoms with Crippen molar-refractivity contribution < 1.29 is 36.6 Å². The standard InChI is InChI=1S/C14H12F5N3O3S/c15-8-2-5(20)1-6(9(8)16)13-4-25-10(14(17,18)19)7(13)3-26-11(22-13)21-12(23)24/h1-2,7,10H,3-4,20H2,(H,21,22)(H,23,24)/t7-,10+,13-/m1/s1. The van der Waals surface area contributed by atoms with Crippen LogP contribution in [-0.2, 0) is 10.3 Å². The molecule has 0 unspecified atom stereocenters. The molecule has 4 N–H and O–H groups in total. The van der Waals surface area contributed by atoms with Gasteiger partial charge in [0.25, 0.3) is 0 Å². The first-order chi connectivity index (χ1) is 12.0. The summed E-state index contributed by atoms with van der Waals surface area (Å²) in [6.45, 7) is -0.701. The number of nitrogens with one attached hydrogen (secondary N) is 1. The lowest BCUT2D eigenvalue weighted by atomic mass is 9.78. The number of aliphatic imine (C=N–C) groups is 1. The fourth-order valence-electron chi connectivity index (χ4n) is 3.15. The first kappa shape index (κ1) is 18.7. The van der Waals surface area contributed by atoms with E-state index in [0.29, 0.717) is 6.07 Å². The monoisotopic (exact) mass is 397 g/mol. The number of hydrogen-bond acceptors (Lipinski definition) is 5. The van der Waals surface area contributed by atoms with Crippen molar-refractivity contribution in [2.75, 3.05) is 18.1 Å². The number of anilines is 1. The zero-order valence-corrected chi connectivity index (χ0v) is 13.6. The summed E-state index contributed by atoms with van der Waals surface area (Å²) >= 11 is 0.726. The molecule has 3 rings (SSSR count). The number of amidine groups is 1. The molecule has 0 saturated carbocycles. The Labute approximate surface area is 147 Å². The van der Waals surface area contributed by atoms with E-state index < -0.39 is 53.6 Å². The molecule has 1 aromatic rings. The molecular weight excluding hydrogens is 385 g/mol. The average molecular weight is 397 g/mol. The van der Waals surface area contributed by atoms with E-state index in [1.54, 1.807) is 0 Å². The highest BCUT2D eigenvalue weighted by Crippen LogP contribution is 2.52. The normalized spacial score (nSPS) is 28.4. The lowest BCUT2D eigenvalue weighted by molar-refractivity contribution is -0.215. The number of hydrogen-bond donors (Lipinski definition) is 3. The van der Waals surface area contributed by atoms with Crippen LogP contribution in [0.5, 0.6) is 0 Å². The first-order valence-electron chi connectivity index (χ1n) is 7.20. The molecule has 0 aliphatic carbocycles. The molecule has 12 heteroatoms. The minimum Gasteiger partial charge on any atom is -0.465 e. The molecule has 1 fully saturated rings. The van der Waals surface area contributed by atoms with E-state index in [1.165, 1.54) is 0 Å². The number of nitrogen functional groups attached to an aromatic ring is 1. The van der Waals surface area contributed by atoms with Gasteiger partial charge < -0.3 is 15.6 Å². The van der Waals surface area contributed by atoms with E-state index >= 15 is 0 Å². The second kappa shape index (κ2) is 6.27. The Morgan fingerprint density at radius 3 is 2.73 bits per heavy atom. The zero-order chi connectivity index (χ0) is 19.3. The Hall–Kier alpha value is -2.08. The van der Waals surface area contributed by atoms with Gasteiger partial charge in [0.1, 0.15) is 5.54 Å². The van der Waals surface area contributed by atoms with Crippen molar-refractivity contribution in [3.63, 3.8) is 0 Å². The molecule has 26 heavy (non-hydrogen) atoms. The molecule has 0 radical (unpaired) electrons. The van der Waals surface area contributed by atoms with Crippen molar-refractivity contribution in [3.05, 3.63) is 29.3 Å². The zero-order valence-electron chi connectivity index (χ0n) is 12.8. The maximum Gasteiger partial charge on any atom is 0.415 e. The van der Waals surface area contributed by atoms with Crippen molar-refractivity contribution in [2.45, 2.75) is 17.8 Å². The van der Waals surface area contributed by atoms with Gasteiger partial charge in [-0.1, -0.05) is 11.8 Å². The van der Waals surface area contributed by atoms with Gasteiger partial charge in [-0.05, 0) is 12.1 Å². The van der Waals surface area contributed by atoms with Gasteiger partial charge in [-0.25, -0.2) is 18.6 Å². The van der Waals surface area contributed by atoms with E-state index in [4.69, 9.17) is 15.6 Å². The molecule has 0 bridgehead atoms. The second-order valence-electron chi connectivity index (χ2n) is 5.83. The SMILES string of the molecule is Nc1cc(F)c(F)c([C@]23CO[C@H](C(F)(F)F)[C@H]2CSC(NC(=O)O)=N3)c1.